The summed E-state index contributed by atoms with van der Waals surface area (Å²) in [6, 6.07) is 13.1. The van der Waals surface area contributed by atoms with Crippen LogP contribution in [0.2, 0.25) is 0 Å². The van der Waals surface area contributed by atoms with Crippen molar-refractivity contribution < 1.29 is 4.79 Å². The summed E-state index contributed by atoms with van der Waals surface area (Å²) in [6.07, 6.45) is 6.39. The number of carbonyl (C=O) groups excluding carboxylic acids is 1. The second kappa shape index (κ2) is 12.3. The molecule has 184 valence electrons. The Morgan fingerprint density at radius 3 is 2.66 bits per heavy atom. The van der Waals surface area contributed by atoms with E-state index in [4.69, 9.17) is 5.26 Å². The lowest BCUT2D eigenvalue weighted by molar-refractivity contribution is -0.115. The summed E-state index contributed by atoms with van der Waals surface area (Å²) >= 11 is 1.08. The van der Waals surface area contributed by atoms with Gasteiger partial charge < -0.3 is 10.6 Å². The summed E-state index contributed by atoms with van der Waals surface area (Å²) in [6.45, 7) is 7.53. The van der Waals surface area contributed by atoms with Crippen molar-refractivity contribution in [3.05, 3.63) is 49.4 Å². The summed E-state index contributed by atoms with van der Waals surface area (Å²) in [7, 11) is 0. The number of piperidine rings is 1. The first-order valence-corrected chi connectivity index (χ1v) is 12.8. The molecule has 0 aliphatic carbocycles. The number of hydrogen-bond donors (Lipinski definition) is 2. The molecule has 1 aromatic carbocycles. The Kier molecular flexibility index (Phi) is 9.25. The van der Waals surface area contributed by atoms with Crippen LogP contribution in [0.5, 0.6) is 0 Å². The molecule has 35 heavy (non-hydrogen) atoms. The molecule has 1 fully saturated rings. The number of nitrogens with one attached hydrogen (secondary N) is 2. The zero-order valence-electron chi connectivity index (χ0n) is 20.5. The number of anilines is 1. The minimum absolute atomic E-state index is 0.174. The monoisotopic (exact) mass is 492 g/mol. The number of aromatic nitrogens is 1. The first-order valence-electron chi connectivity index (χ1n) is 12.0. The zero-order chi connectivity index (χ0) is 25.4. The SMILES string of the molecule is CCn1c(=O)/c(=C\Nc2cccc(CCN3C(C)CCCC3C)c2)s/c1=C(/C#N)C(=O)NCC#N. The number of amides is 1. The molecular formula is C26H32N6O2S. The maximum atomic E-state index is 12.9. The van der Waals surface area contributed by atoms with Crippen molar-refractivity contribution in [2.45, 2.75) is 65.1 Å². The van der Waals surface area contributed by atoms with E-state index in [1.165, 1.54) is 29.4 Å². The smallest absolute Gasteiger partial charge is 0.270 e. The highest BCUT2D eigenvalue weighted by molar-refractivity contribution is 7.07. The summed E-state index contributed by atoms with van der Waals surface area (Å²) in [5.41, 5.74) is 1.65. The fraction of sp³-hybridized carbons (Fsp3) is 0.462. The van der Waals surface area contributed by atoms with Crippen molar-refractivity contribution in [3.8, 4) is 12.1 Å². The molecule has 0 bridgehead atoms. The van der Waals surface area contributed by atoms with E-state index in [0.29, 0.717) is 23.2 Å². The third-order valence-corrected chi connectivity index (χ3v) is 7.57. The summed E-state index contributed by atoms with van der Waals surface area (Å²) < 4.78 is 2.08. The molecule has 9 heteroatoms. The van der Waals surface area contributed by atoms with Crippen LogP contribution < -0.4 is 25.4 Å². The van der Waals surface area contributed by atoms with Gasteiger partial charge in [-0.25, -0.2) is 0 Å². The minimum Gasteiger partial charge on any atom is -0.360 e. The van der Waals surface area contributed by atoms with Gasteiger partial charge in [0.15, 0.2) is 5.57 Å². The Hall–Kier alpha value is -3.40. The van der Waals surface area contributed by atoms with Crippen LogP contribution in [0.25, 0.3) is 11.8 Å². The molecule has 1 saturated heterocycles. The van der Waals surface area contributed by atoms with Gasteiger partial charge in [0.2, 0.25) is 0 Å². The van der Waals surface area contributed by atoms with Crippen LogP contribution in [0.15, 0.2) is 29.1 Å². The van der Waals surface area contributed by atoms with E-state index in [1.807, 2.05) is 24.3 Å². The van der Waals surface area contributed by atoms with E-state index < -0.39 is 5.91 Å². The van der Waals surface area contributed by atoms with Gasteiger partial charge in [0.25, 0.3) is 11.5 Å². The molecule has 2 aromatic rings. The lowest BCUT2D eigenvalue weighted by Crippen LogP contribution is -2.44. The predicted molar refractivity (Wildman–Crippen MR) is 139 cm³/mol. The molecule has 0 saturated carbocycles. The van der Waals surface area contributed by atoms with Crippen LogP contribution in [0, 0.1) is 22.7 Å². The van der Waals surface area contributed by atoms with Crippen LogP contribution in [-0.4, -0.2) is 40.5 Å². The van der Waals surface area contributed by atoms with Gasteiger partial charge in [0.05, 0.1) is 6.07 Å². The lowest BCUT2D eigenvalue weighted by atomic mass is 9.97. The molecule has 3 rings (SSSR count). The fourth-order valence-corrected chi connectivity index (χ4v) is 5.62. The summed E-state index contributed by atoms with van der Waals surface area (Å²) in [5, 5.41) is 23.8. The van der Waals surface area contributed by atoms with E-state index in [0.717, 1.165) is 30.0 Å². The van der Waals surface area contributed by atoms with Crippen LogP contribution in [-0.2, 0) is 17.8 Å². The van der Waals surface area contributed by atoms with Crippen LogP contribution in [0.3, 0.4) is 0 Å². The molecule has 1 amide bonds. The number of nitrogens with zero attached hydrogens (tertiary/aromatic N) is 4. The fourth-order valence-electron chi connectivity index (χ4n) is 4.54. The molecule has 8 nitrogen and oxygen atoms in total. The predicted octanol–water partition coefficient (Wildman–Crippen LogP) is 1.90. The number of rotatable bonds is 8. The molecule has 1 aliphatic rings. The molecule has 0 spiro atoms. The quantitative estimate of drug-likeness (QED) is 0.544. The van der Waals surface area contributed by atoms with Crippen LogP contribution in [0.1, 0.15) is 45.6 Å². The molecule has 2 atom stereocenters. The lowest BCUT2D eigenvalue weighted by Gasteiger charge is -2.39. The largest absolute Gasteiger partial charge is 0.360 e. The van der Waals surface area contributed by atoms with Gasteiger partial charge in [-0.05, 0) is 57.7 Å². The highest BCUT2D eigenvalue weighted by Gasteiger charge is 2.24. The maximum Gasteiger partial charge on any atom is 0.270 e. The van der Waals surface area contributed by atoms with E-state index in [1.54, 1.807) is 13.1 Å². The van der Waals surface area contributed by atoms with Crippen molar-refractivity contribution >= 4 is 34.7 Å². The van der Waals surface area contributed by atoms with E-state index in [2.05, 4.69) is 41.5 Å². The summed E-state index contributed by atoms with van der Waals surface area (Å²) in [5.74, 6) is -0.665. The van der Waals surface area contributed by atoms with Gasteiger partial charge in [-0.2, -0.15) is 10.5 Å². The van der Waals surface area contributed by atoms with E-state index >= 15 is 0 Å². The second-order valence-corrected chi connectivity index (χ2v) is 9.78. The van der Waals surface area contributed by atoms with Gasteiger partial charge >= 0.3 is 0 Å². The number of nitriles is 2. The Bertz CT molecular complexity index is 1300. The maximum absolute atomic E-state index is 12.9. The van der Waals surface area contributed by atoms with Gasteiger partial charge in [0.1, 0.15) is 21.8 Å². The molecular weight excluding hydrogens is 460 g/mol. The van der Waals surface area contributed by atoms with Crippen molar-refractivity contribution in [3.63, 3.8) is 0 Å². The van der Waals surface area contributed by atoms with Crippen LogP contribution in [0.4, 0.5) is 5.69 Å². The number of thiazole rings is 1. The van der Waals surface area contributed by atoms with Gasteiger partial charge in [-0.1, -0.05) is 18.6 Å². The summed E-state index contributed by atoms with van der Waals surface area (Å²) in [4.78, 5) is 27.8. The highest BCUT2D eigenvalue weighted by Crippen LogP contribution is 2.23. The molecule has 1 aromatic heterocycles. The zero-order valence-corrected chi connectivity index (χ0v) is 21.3. The normalized spacial score (nSPS) is 19.5. The second-order valence-electron chi connectivity index (χ2n) is 8.75. The van der Waals surface area contributed by atoms with Crippen molar-refractivity contribution in [1.82, 2.24) is 14.8 Å². The Morgan fingerprint density at radius 1 is 1.26 bits per heavy atom. The van der Waals surface area contributed by atoms with Gasteiger partial charge in [0, 0.05) is 37.1 Å². The number of carbonyl (C=O) groups is 1. The van der Waals surface area contributed by atoms with Crippen molar-refractivity contribution in [2.24, 2.45) is 0 Å². The third kappa shape index (κ3) is 6.39. The van der Waals surface area contributed by atoms with E-state index in [9.17, 15) is 14.9 Å². The molecule has 2 N–H and O–H groups in total. The highest BCUT2D eigenvalue weighted by atomic mass is 32.1. The average Bonchev–Trinajstić information content (AvgIpc) is 3.16. The molecule has 0 radical (unpaired) electrons. The molecule has 2 heterocycles. The molecule has 2 unspecified atom stereocenters. The minimum atomic E-state index is -0.665. The Morgan fingerprint density at radius 2 is 2.00 bits per heavy atom. The molecule has 1 aliphatic heterocycles. The standard InChI is InChI=1S/C26H32N6O2S/c1-4-31-25(34)23(35-26(31)22(16-28)24(33)29-13-12-27)17-30-21-10-6-9-20(15-21)11-14-32-18(2)7-5-8-19(32)3/h6,9-10,15,17-19,30H,4-5,7-8,11,13-14H2,1-3H3,(H,29,33)/b23-17+,26-22-. The first kappa shape index (κ1) is 26.2. The third-order valence-electron chi connectivity index (χ3n) is 6.44. The first-order chi connectivity index (χ1) is 16.9. The van der Waals surface area contributed by atoms with Crippen molar-refractivity contribution in [2.75, 3.05) is 18.4 Å². The van der Waals surface area contributed by atoms with Crippen molar-refractivity contribution in [1.29, 1.82) is 10.5 Å². The number of likely N-dealkylation sites (tertiary alicyclic amines) is 1. The topological polar surface area (TPSA) is 114 Å². The Balaban J connectivity index is 1.82. The van der Waals surface area contributed by atoms with Gasteiger partial charge in [-0.15, -0.1) is 11.3 Å². The Labute approximate surface area is 209 Å². The number of benzene rings is 1. The van der Waals surface area contributed by atoms with Gasteiger partial charge in [-0.3, -0.25) is 19.1 Å². The van der Waals surface area contributed by atoms with E-state index in [-0.39, 0.29) is 22.3 Å². The average molecular weight is 493 g/mol. The van der Waals surface area contributed by atoms with Crippen LogP contribution >= 0.6 is 11.3 Å². The number of hydrogen-bond acceptors (Lipinski definition) is 7.